The van der Waals surface area contributed by atoms with E-state index in [2.05, 4.69) is 26.2 Å². The van der Waals surface area contributed by atoms with Crippen LogP contribution in [0.3, 0.4) is 0 Å². The first kappa shape index (κ1) is 20.6. The van der Waals surface area contributed by atoms with Crippen LogP contribution in [0.4, 0.5) is 5.82 Å². The van der Waals surface area contributed by atoms with Gasteiger partial charge in [0, 0.05) is 22.4 Å². The lowest BCUT2D eigenvalue weighted by molar-refractivity contribution is 0.102. The van der Waals surface area contributed by atoms with Crippen LogP contribution in [-0.2, 0) is 0 Å². The minimum atomic E-state index is -0.336. The molecule has 0 saturated carbocycles. The Morgan fingerprint density at radius 3 is 2.52 bits per heavy atom. The van der Waals surface area contributed by atoms with E-state index >= 15 is 0 Å². The van der Waals surface area contributed by atoms with Crippen molar-refractivity contribution in [2.45, 2.75) is 0 Å². The van der Waals surface area contributed by atoms with Gasteiger partial charge in [-0.15, -0.1) is 0 Å². The topological polar surface area (TPSA) is 78.3 Å². The molecule has 2 heterocycles. The molecule has 0 spiro atoms. The number of benzene rings is 2. The average molecular weight is 479 g/mol. The molecule has 0 atom stereocenters. The maximum Gasteiger partial charge on any atom is 0.260 e. The molecule has 0 radical (unpaired) electrons. The maximum absolute atomic E-state index is 13.2. The molecular weight excluding hydrogens is 460 g/mol. The molecule has 0 saturated heterocycles. The predicted octanol–water partition coefficient (Wildman–Crippen LogP) is 4.97. The predicted molar refractivity (Wildman–Crippen MR) is 122 cm³/mol. The van der Waals surface area contributed by atoms with Gasteiger partial charge in [0.1, 0.15) is 23.0 Å². The lowest BCUT2D eigenvalue weighted by atomic mass is 10.1. The first-order valence-electron chi connectivity index (χ1n) is 9.39. The van der Waals surface area contributed by atoms with Crippen molar-refractivity contribution >= 4 is 27.7 Å². The molecule has 7 nitrogen and oxygen atoms in total. The van der Waals surface area contributed by atoms with E-state index in [1.807, 2.05) is 36.4 Å². The normalized spacial score (nSPS) is 10.5. The smallest absolute Gasteiger partial charge is 0.260 e. The van der Waals surface area contributed by atoms with Crippen LogP contribution in [0.25, 0.3) is 16.9 Å². The van der Waals surface area contributed by atoms with Gasteiger partial charge in [0.25, 0.3) is 5.91 Å². The Hall–Kier alpha value is -3.65. The van der Waals surface area contributed by atoms with Crippen molar-refractivity contribution in [3.63, 3.8) is 0 Å². The van der Waals surface area contributed by atoms with Gasteiger partial charge in [-0.1, -0.05) is 18.2 Å². The molecule has 4 aromatic rings. The maximum atomic E-state index is 13.2. The second kappa shape index (κ2) is 9.01. The van der Waals surface area contributed by atoms with E-state index < -0.39 is 0 Å². The monoisotopic (exact) mass is 478 g/mol. The average Bonchev–Trinajstić information content (AvgIpc) is 3.26. The lowest BCUT2D eigenvalue weighted by Gasteiger charge is -2.10. The summed E-state index contributed by atoms with van der Waals surface area (Å²) < 4.78 is 13.4. The number of aromatic nitrogens is 3. The fourth-order valence-electron chi connectivity index (χ4n) is 3.08. The molecule has 4 rings (SSSR count). The number of nitrogens with one attached hydrogen (secondary N) is 1. The summed E-state index contributed by atoms with van der Waals surface area (Å²) in [5.74, 6) is 1.31. The SMILES string of the molecule is COc1ccc(OC)c(-c2nn(-c3ccccc3)cc2C(=O)Nc2ccc(Br)cn2)c1. The number of methoxy groups -OCH3 is 2. The van der Waals surface area contributed by atoms with E-state index in [4.69, 9.17) is 14.6 Å². The highest BCUT2D eigenvalue weighted by Gasteiger charge is 2.22. The van der Waals surface area contributed by atoms with Crippen molar-refractivity contribution in [3.05, 3.63) is 83.1 Å². The zero-order valence-corrected chi connectivity index (χ0v) is 18.5. The fourth-order valence-corrected chi connectivity index (χ4v) is 3.32. The third-order valence-corrected chi connectivity index (χ3v) is 5.08. The van der Waals surface area contributed by atoms with Crippen LogP contribution in [0.2, 0.25) is 0 Å². The number of halogens is 1. The Labute approximate surface area is 187 Å². The van der Waals surface area contributed by atoms with Crippen molar-refractivity contribution in [3.8, 4) is 28.4 Å². The summed E-state index contributed by atoms with van der Waals surface area (Å²) >= 11 is 3.34. The van der Waals surface area contributed by atoms with Crippen molar-refractivity contribution < 1.29 is 14.3 Å². The molecule has 0 unspecified atom stereocenters. The summed E-state index contributed by atoms with van der Waals surface area (Å²) in [6.07, 6.45) is 3.31. The van der Waals surface area contributed by atoms with Crippen molar-refractivity contribution in [2.24, 2.45) is 0 Å². The number of amides is 1. The molecule has 31 heavy (non-hydrogen) atoms. The molecule has 0 bridgehead atoms. The highest BCUT2D eigenvalue weighted by molar-refractivity contribution is 9.10. The third kappa shape index (κ3) is 4.44. The number of carbonyl (C=O) groups is 1. The minimum Gasteiger partial charge on any atom is -0.497 e. The van der Waals surface area contributed by atoms with Crippen LogP contribution in [0.15, 0.2) is 77.5 Å². The van der Waals surface area contributed by atoms with E-state index in [0.717, 1.165) is 10.2 Å². The zero-order valence-electron chi connectivity index (χ0n) is 16.9. The summed E-state index contributed by atoms with van der Waals surface area (Å²) in [7, 11) is 3.16. The molecule has 0 aliphatic heterocycles. The molecule has 156 valence electrons. The van der Waals surface area contributed by atoms with Crippen molar-refractivity contribution in [1.29, 1.82) is 0 Å². The number of nitrogens with zero attached hydrogens (tertiary/aromatic N) is 3. The number of ether oxygens (including phenoxy) is 2. The summed E-state index contributed by atoms with van der Waals surface area (Å²) in [6.45, 7) is 0. The number of anilines is 1. The Kier molecular flexibility index (Phi) is 5.99. The molecular formula is C23H19BrN4O3. The van der Waals surface area contributed by atoms with Gasteiger partial charge in [0.05, 0.1) is 25.5 Å². The molecule has 1 amide bonds. The van der Waals surface area contributed by atoms with E-state index in [0.29, 0.717) is 34.1 Å². The molecule has 0 aliphatic rings. The second-order valence-corrected chi connectivity index (χ2v) is 7.47. The van der Waals surface area contributed by atoms with Gasteiger partial charge in [-0.25, -0.2) is 9.67 Å². The van der Waals surface area contributed by atoms with Crippen LogP contribution >= 0.6 is 15.9 Å². The lowest BCUT2D eigenvalue weighted by Crippen LogP contribution is -2.13. The van der Waals surface area contributed by atoms with Crippen molar-refractivity contribution in [2.75, 3.05) is 19.5 Å². The van der Waals surface area contributed by atoms with E-state index in [-0.39, 0.29) is 5.91 Å². The van der Waals surface area contributed by atoms with E-state index in [9.17, 15) is 4.79 Å². The molecule has 0 fully saturated rings. The summed E-state index contributed by atoms with van der Waals surface area (Å²) in [5.41, 5.74) is 2.31. The number of pyridine rings is 1. The van der Waals surface area contributed by atoms with Gasteiger partial charge in [0.2, 0.25) is 0 Å². The van der Waals surface area contributed by atoms with E-state index in [1.165, 1.54) is 0 Å². The molecule has 2 aromatic heterocycles. The van der Waals surface area contributed by atoms with Crippen LogP contribution in [0.5, 0.6) is 11.5 Å². The number of hydrogen-bond acceptors (Lipinski definition) is 5. The molecule has 0 aliphatic carbocycles. The van der Waals surface area contributed by atoms with Gasteiger partial charge < -0.3 is 14.8 Å². The van der Waals surface area contributed by atoms with Crippen LogP contribution in [-0.4, -0.2) is 34.9 Å². The highest BCUT2D eigenvalue weighted by Crippen LogP contribution is 2.35. The standard InChI is InChI=1S/C23H19BrN4O3/c1-30-17-9-10-20(31-2)18(12-17)22-19(14-28(27-22)16-6-4-3-5-7-16)23(29)26-21-11-8-15(24)13-25-21/h3-14H,1-2H3,(H,25,26,29). The molecule has 8 heteroatoms. The Morgan fingerprint density at radius 2 is 1.84 bits per heavy atom. The highest BCUT2D eigenvalue weighted by atomic mass is 79.9. The first-order valence-corrected chi connectivity index (χ1v) is 10.2. The second-order valence-electron chi connectivity index (χ2n) is 6.55. The van der Waals surface area contributed by atoms with E-state index in [1.54, 1.807) is 55.6 Å². The van der Waals surface area contributed by atoms with Crippen LogP contribution < -0.4 is 14.8 Å². The largest absolute Gasteiger partial charge is 0.497 e. The third-order valence-electron chi connectivity index (χ3n) is 4.61. The summed E-state index contributed by atoms with van der Waals surface area (Å²) in [5, 5.41) is 7.53. The Balaban J connectivity index is 1.83. The van der Waals surface area contributed by atoms with Crippen LogP contribution in [0, 0.1) is 0 Å². The van der Waals surface area contributed by atoms with Gasteiger partial charge in [-0.3, -0.25) is 4.79 Å². The summed E-state index contributed by atoms with van der Waals surface area (Å²) in [4.78, 5) is 17.4. The Bertz CT molecular complexity index is 1210. The molecule has 2 aromatic carbocycles. The number of carbonyl (C=O) groups excluding carboxylic acids is 1. The molecule has 1 N–H and O–H groups in total. The van der Waals surface area contributed by atoms with Crippen molar-refractivity contribution in [1.82, 2.24) is 14.8 Å². The fraction of sp³-hybridized carbons (Fsp3) is 0.0870. The quantitative estimate of drug-likeness (QED) is 0.423. The van der Waals surface area contributed by atoms with Gasteiger partial charge in [-0.2, -0.15) is 5.10 Å². The number of para-hydroxylation sites is 1. The number of hydrogen-bond donors (Lipinski definition) is 1. The minimum absolute atomic E-state index is 0.336. The Morgan fingerprint density at radius 1 is 1.03 bits per heavy atom. The van der Waals surface area contributed by atoms with Gasteiger partial charge >= 0.3 is 0 Å². The first-order chi connectivity index (χ1) is 15.1. The van der Waals surface area contributed by atoms with Gasteiger partial charge in [-0.05, 0) is 58.4 Å². The van der Waals surface area contributed by atoms with Crippen LogP contribution in [0.1, 0.15) is 10.4 Å². The van der Waals surface area contributed by atoms with Gasteiger partial charge in [0.15, 0.2) is 0 Å². The summed E-state index contributed by atoms with van der Waals surface area (Å²) in [6, 6.07) is 18.5. The zero-order chi connectivity index (χ0) is 21.8. The number of rotatable bonds is 6.